The normalized spacial score (nSPS) is 14.7. The predicted molar refractivity (Wildman–Crippen MR) is 23.8 cm³/mol. The molecule has 0 N–H and O–H groups in total. The molecule has 36 valence electrons. The quantitative estimate of drug-likeness (QED) is 0.382. The Morgan fingerprint density at radius 3 is 2.67 bits per heavy atom. The molecule has 0 saturated heterocycles. The van der Waals surface area contributed by atoms with Crippen molar-refractivity contribution in [3.8, 4) is 0 Å². The maximum atomic E-state index is 2.99. The van der Waals surface area contributed by atoms with Gasteiger partial charge in [0, 0.05) is 0 Å². The first-order valence-electron chi connectivity index (χ1n) is 1.72. The van der Waals surface area contributed by atoms with Crippen molar-refractivity contribution in [1.29, 1.82) is 0 Å². The van der Waals surface area contributed by atoms with E-state index in [0.29, 0.717) is 0 Å². The van der Waals surface area contributed by atoms with Crippen molar-refractivity contribution in [1.82, 2.24) is 0 Å². The Kier molecular flexibility index (Phi) is 3.36. The van der Waals surface area contributed by atoms with E-state index in [9.17, 15) is 0 Å². The molecule has 0 bridgehead atoms. The third-order valence-electron chi connectivity index (χ3n) is 0.586. The molecule has 0 aliphatic heterocycles. The largest absolute Gasteiger partial charge is 3.00 e. The van der Waals surface area contributed by atoms with Crippen molar-refractivity contribution in [2.75, 3.05) is 0 Å². The van der Waals surface area contributed by atoms with Gasteiger partial charge in [0.2, 0.25) is 0 Å². The van der Waals surface area contributed by atoms with Crippen molar-refractivity contribution in [3.05, 3.63) is 24.3 Å². The number of hydrogen-bond acceptors (Lipinski definition) is 0. The van der Waals surface area contributed by atoms with Crippen molar-refractivity contribution >= 4 is 0 Å². The monoisotopic (exact) mass is 170 g/mol. The van der Waals surface area contributed by atoms with Crippen LogP contribution in [0.25, 0.3) is 0 Å². The standard InChI is InChI=1S/C5H5.Rh.2H/c1-2-4-5-3-1;;;/h1-3H,4H2;;;/q-1;+3;2*-1. The van der Waals surface area contributed by atoms with Crippen LogP contribution in [-0.2, 0) is 19.5 Å². The second-order valence-corrected chi connectivity index (χ2v) is 1.00. The van der Waals surface area contributed by atoms with Crippen LogP contribution >= 0.6 is 0 Å². The summed E-state index contributed by atoms with van der Waals surface area (Å²) in [5.41, 5.74) is 0. The van der Waals surface area contributed by atoms with Crippen molar-refractivity contribution in [2.24, 2.45) is 0 Å². The zero-order valence-electron chi connectivity index (χ0n) is 5.27. The van der Waals surface area contributed by atoms with Crippen LogP contribution in [0.5, 0.6) is 0 Å². The van der Waals surface area contributed by atoms with E-state index in [-0.39, 0.29) is 22.3 Å². The maximum Gasteiger partial charge on any atom is 3.00 e. The van der Waals surface area contributed by atoms with Gasteiger partial charge in [0.15, 0.2) is 0 Å². The van der Waals surface area contributed by atoms with Gasteiger partial charge in [-0.1, -0.05) is 0 Å². The minimum absolute atomic E-state index is 0. The average molecular weight is 170 g/mol. The minimum atomic E-state index is 0. The second-order valence-electron chi connectivity index (χ2n) is 1.00. The smallest absolute Gasteiger partial charge is 1.00 e. The van der Waals surface area contributed by atoms with Crippen LogP contribution < -0.4 is 0 Å². The van der Waals surface area contributed by atoms with Crippen LogP contribution in [0.2, 0.25) is 0 Å². The molecule has 6 heavy (non-hydrogen) atoms. The van der Waals surface area contributed by atoms with Gasteiger partial charge in [0.1, 0.15) is 0 Å². The van der Waals surface area contributed by atoms with E-state index in [4.69, 9.17) is 0 Å². The van der Waals surface area contributed by atoms with E-state index in [2.05, 4.69) is 12.2 Å². The van der Waals surface area contributed by atoms with E-state index in [1.165, 1.54) is 0 Å². The van der Waals surface area contributed by atoms with E-state index >= 15 is 0 Å². The first-order chi connectivity index (χ1) is 2.50. The molecule has 0 aromatic heterocycles. The molecule has 0 radical (unpaired) electrons. The molecule has 0 saturated carbocycles. The first kappa shape index (κ1) is 6.10. The van der Waals surface area contributed by atoms with E-state index in [1.54, 1.807) is 0 Å². The fraction of sp³-hybridized carbons (Fsp3) is 0.200. The number of hydrogen-bond donors (Lipinski definition) is 0. The summed E-state index contributed by atoms with van der Waals surface area (Å²) >= 11 is 0. The third kappa shape index (κ3) is 1.52. The summed E-state index contributed by atoms with van der Waals surface area (Å²) in [7, 11) is 0. The Hall–Kier alpha value is 0.103. The van der Waals surface area contributed by atoms with Crippen molar-refractivity contribution < 1.29 is 22.3 Å². The summed E-state index contributed by atoms with van der Waals surface area (Å²) < 4.78 is 0. The molecular formula is C5H7Rh. The SMILES string of the molecule is [C-]1=CC=CC1.[H-].[H-].[Rh+3]. The number of rotatable bonds is 0. The van der Waals surface area contributed by atoms with Crippen LogP contribution in [0.4, 0.5) is 0 Å². The van der Waals surface area contributed by atoms with E-state index in [1.807, 2.05) is 12.2 Å². The molecule has 1 heteroatoms. The summed E-state index contributed by atoms with van der Waals surface area (Å²) in [6.45, 7) is 0. The van der Waals surface area contributed by atoms with Crippen LogP contribution in [-0.4, -0.2) is 0 Å². The molecule has 0 heterocycles. The molecule has 0 atom stereocenters. The summed E-state index contributed by atoms with van der Waals surface area (Å²) in [6, 6.07) is 0. The number of allylic oxidation sites excluding steroid dienone is 4. The Balaban J connectivity index is -0.0000000833. The van der Waals surface area contributed by atoms with Crippen molar-refractivity contribution in [2.45, 2.75) is 6.42 Å². The summed E-state index contributed by atoms with van der Waals surface area (Å²) in [5, 5.41) is 0. The summed E-state index contributed by atoms with van der Waals surface area (Å²) in [4.78, 5) is 0. The van der Waals surface area contributed by atoms with Crippen molar-refractivity contribution in [3.63, 3.8) is 0 Å². The van der Waals surface area contributed by atoms with Crippen LogP contribution in [0.1, 0.15) is 9.27 Å². The molecule has 1 rings (SSSR count). The van der Waals surface area contributed by atoms with Gasteiger partial charge in [-0.2, -0.15) is 6.08 Å². The van der Waals surface area contributed by atoms with Gasteiger partial charge in [-0.25, -0.2) is 12.2 Å². The molecule has 0 spiro atoms. The molecule has 1 aliphatic carbocycles. The van der Waals surface area contributed by atoms with E-state index in [0.717, 1.165) is 6.42 Å². The summed E-state index contributed by atoms with van der Waals surface area (Å²) in [5.74, 6) is 0. The molecular weight excluding hydrogens is 163 g/mol. The first-order valence-corrected chi connectivity index (χ1v) is 1.72. The van der Waals surface area contributed by atoms with Crippen LogP contribution in [0.15, 0.2) is 18.2 Å². The molecule has 1 aliphatic rings. The fourth-order valence-electron chi connectivity index (χ4n) is 0.340. The predicted octanol–water partition coefficient (Wildman–Crippen LogP) is 1.53. The molecule has 0 amide bonds. The maximum absolute atomic E-state index is 2.99. The zero-order valence-corrected chi connectivity index (χ0v) is 4.91. The third-order valence-corrected chi connectivity index (χ3v) is 0.586. The Labute approximate surface area is 53.7 Å². The van der Waals surface area contributed by atoms with Crippen LogP contribution in [0.3, 0.4) is 0 Å². The van der Waals surface area contributed by atoms with E-state index < -0.39 is 0 Å². The second kappa shape index (κ2) is 3.30. The molecule has 0 aromatic rings. The van der Waals surface area contributed by atoms with Crippen LogP contribution in [0, 0.1) is 6.08 Å². The Morgan fingerprint density at radius 1 is 1.67 bits per heavy atom. The van der Waals surface area contributed by atoms with Gasteiger partial charge < -0.3 is 2.85 Å². The molecule has 0 fully saturated rings. The van der Waals surface area contributed by atoms with Gasteiger partial charge in [-0.15, -0.1) is 6.42 Å². The molecule has 0 unspecified atom stereocenters. The van der Waals surface area contributed by atoms with Gasteiger partial charge in [0.05, 0.1) is 0 Å². The Bertz CT molecular complexity index is 68.5. The summed E-state index contributed by atoms with van der Waals surface area (Å²) in [6.07, 6.45) is 10.0. The van der Waals surface area contributed by atoms with Gasteiger partial charge in [-0.3, -0.25) is 6.08 Å². The van der Waals surface area contributed by atoms with Gasteiger partial charge in [0.25, 0.3) is 0 Å². The van der Waals surface area contributed by atoms with Gasteiger partial charge in [-0.05, 0) is 0 Å². The van der Waals surface area contributed by atoms with Gasteiger partial charge >= 0.3 is 19.5 Å². The fourth-order valence-corrected chi connectivity index (χ4v) is 0.340. The molecule has 0 aromatic carbocycles. The minimum Gasteiger partial charge on any atom is -1.00 e. The average Bonchev–Trinajstić information content (AvgIpc) is 1.76. The molecule has 0 nitrogen and oxygen atoms in total. The topological polar surface area (TPSA) is 0 Å². The Morgan fingerprint density at radius 2 is 2.50 bits per heavy atom. The zero-order chi connectivity index (χ0) is 3.54.